The highest BCUT2D eigenvalue weighted by molar-refractivity contribution is 5.76. The van der Waals surface area contributed by atoms with Gasteiger partial charge in [0.15, 0.2) is 11.6 Å². The third-order valence-corrected chi connectivity index (χ3v) is 3.93. The van der Waals surface area contributed by atoms with Crippen LogP contribution < -0.4 is 0 Å². The molecule has 3 aromatic rings. The van der Waals surface area contributed by atoms with Gasteiger partial charge in [0.1, 0.15) is 11.3 Å². The second kappa shape index (κ2) is 4.13. The van der Waals surface area contributed by atoms with E-state index in [2.05, 4.69) is 22.1 Å². The van der Waals surface area contributed by atoms with Crippen molar-refractivity contribution in [1.29, 1.82) is 0 Å². The number of halogens is 2. The van der Waals surface area contributed by atoms with E-state index in [0.717, 1.165) is 18.3 Å². The van der Waals surface area contributed by atoms with E-state index in [9.17, 15) is 8.78 Å². The molecular formula is C16H12F2N2. The van der Waals surface area contributed by atoms with Gasteiger partial charge in [-0.25, -0.2) is 13.8 Å². The van der Waals surface area contributed by atoms with Crippen LogP contribution in [0.4, 0.5) is 8.78 Å². The van der Waals surface area contributed by atoms with Crippen LogP contribution in [-0.4, -0.2) is 9.97 Å². The van der Waals surface area contributed by atoms with Gasteiger partial charge in [-0.3, -0.25) is 0 Å². The van der Waals surface area contributed by atoms with Crippen LogP contribution in [0.15, 0.2) is 42.5 Å². The molecule has 1 aliphatic carbocycles. The Bertz CT molecular complexity index is 780. The smallest absolute Gasteiger partial charge is 0.186 e. The number of rotatable bonds is 2. The summed E-state index contributed by atoms with van der Waals surface area (Å²) in [6, 6.07) is 12.9. The first-order valence-electron chi connectivity index (χ1n) is 6.62. The highest BCUT2D eigenvalue weighted by Gasteiger charge is 2.41. The van der Waals surface area contributed by atoms with Crippen molar-refractivity contribution >= 4 is 11.0 Å². The van der Waals surface area contributed by atoms with Crippen molar-refractivity contribution in [3.63, 3.8) is 0 Å². The number of hydrogen-bond donors (Lipinski definition) is 1. The zero-order valence-electron chi connectivity index (χ0n) is 10.6. The maximum absolute atomic E-state index is 13.7. The lowest BCUT2D eigenvalue weighted by Gasteiger charge is -1.97. The average Bonchev–Trinajstić information content (AvgIpc) is 3.16. The van der Waals surface area contributed by atoms with Crippen molar-refractivity contribution in [2.75, 3.05) is 0 Å². The molecule has 20 heavy (non-hydrogen) atoms. The van der Waals surface area contributed by atoms with Gasteiger partial charge in [-0.2, -0.15) is 0 Å². The molecule has 4 rings (SSSR count). The topological polar surface area (TPSA) is 28.7 Å². The molecule has 2 unspecified atom stereocenters. The Labute approximate surface area is 114 Å². The van der Waals surface area contributed by atoms with Crippen molar-refractivity contribution in [1.82, 2.24) is 9.97 Å². The fourth-order valence-electron chi connectivity index (χ4n) is 2.78. The monoisotopic (exact) mass is 270 g/mol. The van der Waals surface area contributed by atoms with Gasteiger partial charge in [0, 0.05) is 5.92 Å². The van der Waals surface area contributed by atoms with Gasteiger partial charge < -0.3 is 4.98 Å². The number of hydrogen-bond acceptors (Lipinski definition) is 1. The number of H-pyrrole nitrogens is 1. The van der Waals surface area contributed by atoms with Crippen LogP contribution in [0, 0.1) is 11.6 Å². The zero-order chi connectivity index (χ0) is 13.7. The molecule has 1 aromatic heterocycles. The van der Waals surface area contributed by atoms with Crippen molar-refractivity contribution in [3.05, 3.63) is 65.5 Å². The molecule has 4 heteroatoms. The van der Waals surface area contributed by atoms with Crippen molar-refractivity contribution in [2.24, 2.45) is 0 Å². The van der Waals surface area contributed by atoms with E-state index < -0.39 is 11.6 Å². The summed E-state index contributed by atoms with van der Waals surface area (Å²) in [7, 11) is 0. The molecule has 0 bridgehead atoms. The summed E-state index contributed by atoms with van der Waals surface area (Å²) in [5, 5.41) is 0. The molecule has 2 aromatic carbocycles. The lowest BCUT2D eigenvalue weighted by Crippen LogP contribution is -1.87. The quantitative estimate of drug-likeness (QED) is 0.745. The van der Waals surface area contributed by atoms with Gasteiger partial charge in [0.25, 0.3) is 0 Å². The third kappa shape index (κ3) is 1.72. The molecule has 1 saturated carbocycles. The van der Waals surface area contributed by atoms with E-state index in [1.54, 1.807) is 0 Å². The number of aromatic amines is 1. The summed E-state index contributed by atoms with van der Waals surface area (Å²) in [6.45, 7) is 0. The summed E-state index contributed by atoms with van der Waals surface area (Å²) >= 11 is 0. The number of aromatic nitrogens is 2. The second-order valence-corrected chi connectivity index (χ2v) is 5.24. The SMILES string of the molecule is Fc1ccc2[nH]c(C3CC3c3ccccc3)nc2c1F. The van der Waals surface area contributed by atoms with Gasteiger partial charge in [-0.05, 0) is 30.0 Å². The lowest BCUT2D eigenvalue weighted by atomic mass is 10.1. The molecule has 0 saturated heterocycles. The third-order valence-electron chi connectivity index (χ3n) is 3.93. The van der Waals surface area contributed by atoms with Crippen LogP contribution >= 0.6 is 0 Å². The van der Waals surface area contributed by atoms with E-state index in [0.29, 0.717) is 11.4 Å². The first kappa shape index (κ1) is 11.6. The highest BCUT2D eigenvalue weighted by atomic mass is 19.2. The van der Waals surface area contributed by atoms with Crippen LogP contribution in [-0.2, 0) is 0 Å². The van der Waals surface area contributed by atoms with Crippen LogP contribution in [0.1, 0.15) is 29.6 Å². The Morgan fingerprint density at radius 1 is 1.00 bits per heavy atom. The molecule has 0 spiro atoms. The fraction of sp³-hybridized carbons (Fsp3) is 0.188. The van der Waals surface area contributed by atoms with Gasteiger partial charge in [0.05, 0.1) is 5.52 Å². The Balaban J connectivity index is 1.70. The van der Waals surface area contributed by atoms with E-state index in [1.807, 2.05) is 18.2 Å². The first-order valence-corrected chi connectivity index (χ1v) is 6.62. The minimum atomic E-state index is -0.873. The average molecular weight is 270 g/mol. The van der Waals surface area contributed by atoms with Crippen molar-refractivity contribution in [2.45, 2.75) is 18.3 Å². The number of benzene rings is 2. The predicted molar refractivity (Wildman–Crippen MR) is 72.6 cm³/mol. The predicted octanol–water partition coefficient (Wildman–Crippen LogP) is 4.11. The number of imidazole rings is 1. The Hall–Kier alpha value is -2.23. The fourth-order valence-corrected chi connectivity index (χ4v) is 2.78. The summed E-state index contributed by atoms with van der Waals surface area (Å²) in [4.78, 5) is 7.35. The highest BCUT2D eigenvalue weighted by Crippen LogP contribution is 2.53. The normalized spacial score (nSPS) is 21.3. The molecule has 1 N–H and O–H groups in total. The molecule has 2 nitrogen and oxygen atoms in total. The Morgan fingerprint density at radius 2 is 1.80 bits per heavy atom. The summed E-state index contributed by atoms with van der Waals surface area (Å²) in [6.07, 6.45) is 0.994. The van der Waals surface area contributed by atoms with E-state index in [4.69, 9.17) is 0 Å². The molecule has 0 radical (unpaired) electrons. The van der Waals surface area contributed by atoms with Gasteiger partial charge >= 0.3 is 0 Å². The summed E-state index contributed by atoms with van der Waals surface area (Å²) < 4.78 is 26.8. The van der Waals surface area contributed by atoms with E-state index in [-0.39, 0.29) is 11.4 Å². The zero-order valence-corrected chi connectivity index (χ0v) is 10.6. The Kier molecular flexibility index (Phi) is 2.39. The molecule has 0 amide bonds. The Morgan fingerprint density at radius 3 is 2.60 bits per heavy atom. The molecule has 1 heterocycles. The van der Waals surface area contributed by atoms with Gasteiger partial charge in [-0.1, -0.05) is 30.3 Å². The molecule has 1 aliphatic rings. The van der Waals surface area contributed by atoms with E-state index >= 15 is 0 Å². The molecule has 1 fully saturated rings. The number of fused-ring (bicyclic) bond motifs is 1. The number of nitrogens with zero attached hydrogens (tertiary/aromatic N) is 1. The molecule has 100 valence electrons. The minimum Gasteiger partial charge on any atom is -0.342 e. The van der Waals surface area contributed by atoms with Crippen molar-refractivity contribution < 1.29 is 8.78 Å². The largest absolute Gasteiger partial charge is 0.342 e. The first-order chi connectivity index (χ1) is 9.74. The van der Waals surface area contributed by atoms with Crippen LogP contribution in [0.2, 0.25) is 0 Å². The maximum Gasteiger partial charge on any atom is 0.186 e. The standard InChI is InChI=1S/C16H12F2N2/c17-12-6-7-13-15(14(12)18)20-16(19-13)11-8-10(11)9-4-2-1-3-5-9/h1-7,10-11H,8H2,(H,19,20). The van der Waals surface area contributed by atoms with Crippen LogP contribution in [0.3, 0.4) is 0 Å². The second-order valence-electron chi connectivity index (χ2n) is 5.24. The summed E-state index contributed by atoms with van der Waals surface area (Å²) in [5.74, 6) is -0.289. The lowest BCUT2D eigenvalue weighted by molar-refractivity contribution is 0.515. The number of nitrogens with one attached hydrogen (secondary N) is 1. The van der Waals surface area contributed by atoms with Gasteiger partial charge in [-0.15, -0.1) is 0 Å². The molecule has 2 atom stereocenters. The molecular weight excluding hydrogens is 258 g/mol. The summed E-state index contributed by atoms with van der Waals surface area (Å²) in [5.41, 5.74) is 1.92. The maximum atomic E-state index is 13.7. The molecule has 0 aliphatic heterocycles. The van der Waals surface area contributed by atoms with Crippen molar-refractivity contribution in [3.8, 4) is 0 Å². The van der Waals surface area contributed by atoms with Crippen LogP contribution in [0.25, 0.3) is 11.0 Å². The van der Waals surface area contributed by atoms with E-state index in [1.165, 1.54) is 11.6 Å². The minimum absolute atomic E-state index is 0.0960. The van der Waals surface area contributed by atoms with Crippen LogP contribution in [0.5, 0.6) is 0 Å². The van der Waals surface area contributed by atoms with Gasteiger partial charge in [0.2, 0.25) is 0 Å².